The molecule has 25 heavy (non-hydrogen) atoms. The third kappa shape index (κ3) is 3.11. The molecule has 4 rings (SSSR count). The van der Waals surface area contributed by atoms with Crippen molar-refractivity contribution in [2.24, 2.45) is 0 Å². The highest BCUT2D eigenvalue weighted by Crippen LogP contribution is 2.28. The van der Waals surface area contributed by atoms with E-state index in [1.54, 1.807) is 24.5 Å². The van der Waals surface area contributed by atoms with Gasteiger partial charge in [0.1, 0.15) is 0 Å². The van der Waals surface area contributed by atoms with Gasteiger partial charge in [-0.15, -0.1) is 10.2 Å². The van der Waals surface area contributed by atoms with Gasteiger partial charge >= 0.3 is 0 Å². The number of thioether (sulfide) groups is 1. The maximum atomic E-state index is 6.18. The monoisotopic (exact) mass is 374 g/mol. The van der Waals surface area contributed by atoms with Crippen LogP contribution in [0, 0.1) is 0 Å². The summed E-state index contributed by atoms with van der Waals surface area (Å²) >= 11 is 7.51. The molecule has 3 aromatic heterocycles. The Bertz CT molecular complexity index is 997. The number of nitrogens with zero attached hydrogens (tertiary/aromatic N) is 5. The number of benzene rings is 1. The molecule has 10 heteroatoms. The summed E-state index contributed by atoms with van der Waals surface area (Å²) in [6.45, 7) is 0. The maximum absolute atomic E-state index is 6.18. The van der Waals surface area contributed by atoms with E-state index >= 15 is 0 Å². The lowest BCUT2D eigenvalue weighted by atomic mass is 10.2. The minimum absolute atomic E-state index is 0.394. The quantitative estimate of drug-likeness (QED) is 0.419. The Morgan fingerprint density at radius 2 is 2.04 bits per heavy atom. The molecule has 0 fully saturated rings. The number of nitrogens with two attached hydrogens (primary N) is 1. The third-order valence-corrected chi connectivity index (χ3v) is 4.57. The molecule has 0 aliphatic heterocycles. The Balaban J connectivity index is 1.50. The highest BCUT2D eigenvalue weighted by atomic mass is 35.5. The molecule has 0 unspecified atom stereocenters. The maximum Gasteiger partial charge on any atom is 0.238 e. The van der Waals surface area contributed by atoms with E-state index in [1.165, 1.54) is 16.4 Å². The molecule has 2 N–H and O–H groups in total. The van der Waals surface area contributed by atoms with E-state index in [4.69, 9.17) is 26.4 Å². The van der Waals surface area contributed by atoms with Gasteiger partial charge in [0.05, 0.1) is 17.0 Å². The van der Waals surface area contributed by atoms with Crippen molar-refractivity contribution < 1.29 is 8.94 Å². The molecule has 0 atom stereocenters. The van der Waals surface area contributed by atoms with Gasteiger partial charge in [-0.1, -0.05) is 40.7 Å². The zero-order valence-corrected chi connectivity index (χ0v) is 14.2. The first-order valence-corrected chi connectivity index (χ1v) is 8.53. The fraction of sp³-hybridized carbons (Fsp3) is 0.0667. The van der Waals surface area contributed by atoms with E-state index in [-0.39, 0.29) is 0 Å². The molecule has 0 aliphatic carbocycles. The lowest BCUT2D eigenvalue weighted by Crippen LogP contribution is -2.11. The second-order valence-electron chi connectivity index (χ2n) is 4.93. The minimum Gasteiger partial charge on any atom is -0.461 e. The van der Waals surface area contributed by atoms with Crippen molar-refractivity contribution in [2.75, 3.05) is 5.84 Å². The molecule has 0 amide bonds. The topological polar surface area (TPSA) is 109 Å². The van der Waals surface area contributed by atoms with E-state index in [0.29, 0.717) is 44.8 Å². The van der Waals surface area contributed by atoms with Gasteiger partial charge in [-0.25, -0.2) is 4.68 Å². The van der Waals surface area contributed by atoms with Gasteiger partial charge in [0.15, 0.2) is 11.6 Å². The average Bonchev–Trinajstić information content (AvgIpc) is 3.35. The summed E-state index contributed by atoms with van der Waals surface area (Å²) in [6.07, 6.45) is 1.55. The summed E-state index contributed by atoms with van der Waals surface area (Å²) < 4.78 is 11.8. The first kappa shape index (κ1) is 15.7. The van der Waals surface area contributed by atoms with E-state index in [1.807, 2.05) is 18.2 Å². The summed E-state index contributed by atoms with van der Waals surface area (Å²) in [4.78, 5) is 4.26. The summed E-state index contributed by atoms with van der Waals surface area (Å²) in [6, 6.07) is 10.8. The lowest BCUT2D eigenvalue weighted by molar-refractivity contribution is 0.390. The first-order valence-electron chi connectivity index (χ1n) is 7.17. The van der Waals surface area contributed by atoms with Crippen molar-refractivity contribution in [1.82, 2.24) is 25.0 Å². The summed E-state index contributed by atoms with van der Waals surface area (Å²) in [5.74, 6) is 8.33. The molecule has 0 saturated carbocycles. The van der Waals surface area contributed by atoms with Crippen molar-refractivity contribution in [3.63, 3.8) is 0 Å². The molecule has 126 valence electrons. The van der Waals surface area contributed by atoms with Crippen molar-refractivity contribution in [2.45, 2.75) is 10.9 Å². The fourth-order valence-corrected chi connectivity index (χ4v) is 3.06. The van der Waals surface area contributed by atoms with Gasteiger partial charge in [-0.05, 0) is 24.3 Å². The number of halogens is 1. The van der Waals surface area contributed by atoms with Crippen LogP contribution in [0.15, 0.2) is 56.8 Å². The van der Waals surface area contributed by atoms with Crippen LogP contribution in [0.3, 0.4) is 0 Å². The standard InChI is InChI=1S/C15H11ClN6O2S/c16-10-5-2-1-4-9(10)14-19-20-15(22(14)17)25-8-12-18-13(21-24-12)11-6-3-7-23-11/h1-7H,8,17H2. The molecule has 0 aliphatic rings. The molecule has 0 radical (unpaired) electrons. The van der Waals surface area contributed by atoms with Crippen LogP contribution in [0.4, 0.5) is 0 Å². The highest BCUT2D eigenvalue weighted by Gasteiger charge is 2.16. The summed E-state index contributed by atoms with van der Waals surface area (Å²) in [7, 11) is 0. The first-order chi connectivity index (χ1) is 12.2. The number of rotatable bonds is 5. The number of hydrogen-bond acceptors (Lipinski definition) is 8. The Labute approximate surface area is 151 Å². The van der Waals surface area contributed by atoms with Gasteiger partial charge in [-0.3, -0.25) is 0 Å². The number of nitrogen functional groups attached to an aromatic ring is 1. The predicted octanol–water partition coefficient (Wildman–Crippen LogP) is 3.25. The molecule has 3 heterocycles. The van der Waals surface area contributed by atoms with Gasteiger partial charge in [0, 0.05) is 5.56 Å². The zero-order valence-electron chi connectivity index (χ0n) is 12.7. The molecule has 1 aromatic carbocycles. The van der Waals surface area contributed by atoms with Crippen molar-refractivity contribution in [3.8, 4) is 23.0 Å². The second kappa shape index (κ2) is 6.61. The van der Waals surface area contributed by atoms with E-state index in [0.717, 1.165) is 0 Å². The Morgan fingerprint density at radius 3 is 2.84 bits per heavy atom. The van der Waals surface area contributed by atoms with Gasteiger partial charge in [-0.2, -0.15) is 4.98 Å². The molecule has 8 nitrogen and oxygen atoms in total. The molecule has 0 saturated heterocycles. The van der Waals surface area contributed by atoms with Crippen LogP contribution >= 0.6 is 23.4 Å². The van der Waals surface area contributed by atoms with E-state index in [9.17, 15) is 0 Å². The van der Waals surface area contributed by atoms with Crippen molar-refractivity contribution >= 4 is 23.4 Å². The van der Waals surface area contributed by atoms with Gasteiger partial charge in [0.2, 0.25) is 16.9 Å². The van der Waals surface area contributed by atoms with Crippen molar-refractivity contribution in [1.29, 1.82) is 0 Å². The lowest BCUT2D eigenvalue weighted by Gasteiger charge is -2.04. The summed E-state index contributed by atoms with van der Waals surface area (Å²) in [5, 5.41) is 13.1. The van der Waals surface area contributed by atoms with Crippen LogP contribution in [0.25, 0.3) is 23.0 Å². The summed E-state index contributed by atoms with van der Waals surface area (Å²) in [5.41, 5.74) is 0.712. The highest BCUT2D eigenvalue weighted by molar-refractivity contribution is 7.98. The number of aromatic nitrogens is 5. The van der Waals surface area contributed by atoms with Crippen LogP contribution < -0.4 is 5.84 Å². The number of hydrogen-bond donors (Lipinski definition) is 1. The van der Waals surface area contributed by atoms with Crippen LogP contribution in [0.1, 0.15) is 5.89 Å². The smallest absolute Gasteiger partial charge is 0.238 e. The van der Waals surface area contributed by atoms with Crippen LogP contribution in [-0.2, 0) is 5.75 Å². The normalized spacial score (nSPS) is 11.1. The van der Waals surface area contributed by atoms with Crippen LogP contribution in [0.2, 0.25) is 5.02 Å². The minimum atomic E-state index is 0.394. The second-order valence-corrected chi connectivity index (χ2v) is 6.28. The van der Waals surface area contributed by atoms with Gasteiger partial charge < -0.3 is 14.8 Å². The van der Waals surface area contributed by atoms with Crippen molar-refractivity contribution in [3.05, 3.63) is 53.6 Å². The fourth-order valence-electron chi connectivity index (χ4n) is 2.15. The Kier molecular flexibility index (Phi) is 4.16. The van der Waals surface area contributed by atoms with E-state index in [2.05, 4.69) is 20.3 Å². The van der Waals surface area contributed by atoms with Crippen LogP contribution in [-0.4, -0.2) is 25.0 Å². The average molecular weight is 375 g/mol. The molecule has 0 spiro atoms. The largest absolute Gasteiger partial charge is 0.461 e. The zero-order chi connectivity index (χ0) is 17.2. The molecular formula is C15H11ClN6O2S. The Morgan fingerprint density at radius 1 is 1.16 bits per heavy atom. The number of furan rings is 1. The third-order valence-electron chi connectivity index (χ3n) is 3.31. The van der Waals surface area contributed by atoms with Gasteiger partial charge in [0.25, 0.3) is 0 Å². The van der Waals surface area contributed by atoms with Crippen LogP contribution in [0.5, 0.6) is 0 Å². The molecule has 0 bridgehead atoms. The SMILES string of the molecule is Nn1c(SCc2nc(-c3ccco3)no2)nnc1-c1ccccc1Cl. The molecular weight excluding hydrogens is 364 g/mol. The predicted molar refractivity (Wildman–Crippen MR) is 92.2 cm³/mol. The van der Waals surface area contributed by atoms with E-state index < -0.39 is 0 Å². The Hall–Kier alpha value is -2.78. The molecule has 4 aromatic rings.